The summed E-state index contributed by atoms with van der Waals surface area (Å²) in [7, 11) is 1.59. The van der Waals surface area contributed by atoms with Gasteiger partial charge in [0.25, 0.3) is 5.91 Å². The molecule has 0 bridgehead atoms. The summed E-state index contributed by atoms with van der Waals surface area (Å²) in [5.74, 6) is -0.151. The highest BCUT2D eigenvalue weighted by atomic mass is 19.1. The van der Waals surface area contributed by atoms with Gasteiger partial charge in [-0.2, -0.15) is 4.39 Å². The number of benzene rings is 1. The molecule has 0 fully saturated rings. The molecule has 1 heterocycles. The van der Waals surface area contributed by atoms with Crippen molar-refractivity contribution in [3.05, 3.63) is 59.5 Å². The third-order valence-electron chi connectivity index (χ3n) is 2.63. The largest absolute Gasteiger partial charge is 0.366 e. The van der Waals surface area contributed by atoms with E-state index in [-0.39, 0.29) is 5.91 Å². The highest BCUT2D eigenvalue weighted by Gasteiger charge is 2.02. The van der Waals surface area contributed by atoms with Gasteiger partial charge in [0.1, 0.15) is 5.82 Å². The number of carbonyl (C=O) groups is 1. The average molecular weight is 259 g/mol. The smallest absolute Gasteiger partial charge is 0.251 e. The summed E-state index contributed by atoms with van der Waals surface area (Å²) in [5, 5.41) is 5.57. The van der Waals surface area contributed by atoms with Crippen molar-refractivity contribution in [1.82, 2.24) is 10.3 Å². The summed E-state index contributed by atoms with van der Waals surface area (Å²) in [6.07, 6.45) is 0. The monoisotopic (exact) mass is 259 g/mol. The zero-order chi connectivity index (χ0) is 13.7. The number of hydrogen-bond acceptors (Lipinski definition) is 3. The Morgan fingerprint density at radius 3 is 2.58 bits per heavy atom. The van der Waals surface area contributed by atoms with E-state index in [1.165, 1.54) is 6.07 Å². The predicted octanol–water partition coefficient (Wildman–Crippen LogP) is 2.19. The number of aromatic nitrogens is 1. The lowest BCUT2D eigenvalue weighted by atomic mass is 10.1. The Kier molecular flexibility index (Phi) is 4.07. The predicted molar refractivity (Wildman–Crippen MR) is 71.4 cm³/mol. The van der Waals surface area contributed by atoms with E-state index in [4.69, 9.17) is 0 Å². The highest BCUT2D eigenvalue weighted by molar-refractivity contribution is 5.93. The number of nitrogens with zero attached hydrogens (tertiary/aromatic N) is 1. The molecule has 98 valence electrons. The van der Waals surface area contributed by atoms with Crippen molar-refractivity contribution in [1.29, 1.82) is 0 Å². The van der Waals surface area contributed by atoms with Crippen LogP contribution in [-0.4, -0.2) is 17.9 Å². The highest BCUT2D eigenvalue weighted by Crippen LogP contribution is 2.08. The van der Waals surface area contributed by atoms with Crippen LogP contribution in [0.2, 0.25) is 0 Å². The second-order valence-corrected chi connectivity index (χ2v) is 3.98. The third kappa shape index (κ3) is 3.51. The van der Waals surface area contributed by atoms with Gasteiger partial charge in [-0.05, 0) is 29.8 Å². The molecule has 0 aliphatic carbocycles. The lowest BCUT2D eigenvalue weighted by Crippen LogP contribution is -2.17. The van der Waals surface area contributed by atoms with Crippen molar-refractivity contribution >= 4 is 11.7 Å². The molecule has 1 aromatic heterocycles. The van der Waals surface area contributed by atoms with Gasteiger partial charge in [0, 0.05) is 19.2 Å². The van der Waals surface area contributed by atoms with Gasteiger partial charge in [-0.3, -0.25) is 4.79 Å². The fourth-order valence-corrected chi connectivity index (χ4v) is 1.62. The Balaban J connectivity index is 1.98. The zero-order valence-corrected chi connectivity index (χ0v) is 10.5. The van der Waals surface area contributed by atoms with Crippen molar-refractivity contribution in [3.8, 4) is 0 Å². The summed E-state index contributed by atoms with van der Waals surface area (Å²) in [5.41, 5.74) is 1.59. The Morgan fingerprint density at radius 1 is 1.21 bits per heavy atom. The van der Waals surface area contributed by atoms with Crippen molar-refractivity contribution in [2.24, 2.45) is 0 Å². The van der Waals surface area contributed by atoms with E-state index in [1.807, 2.05) is 12.1 Å². The average Bonchev–Trinajstić information content (AvgIpc) is 2.45. The van der Waals surface area contributed by atoms with Gasteiger partial charge < -0.3 is 10.6 Å². The minimum absolute atomic E-state index is 0.119. The van der Waals surface area contributed by atoms with Crippen LogP contribution < -0.4 is 10.6 Å². The fourth-order valence-electron chi connectivity index (χ4n) is 1.62. The molecular weight excluding hydrogens is 245 g/mol. The maximum Gasteiger partial charge on any atom is 0.251 e. The molecule has 1 amide bonds. The fraction of sp³-hybridized carbons (Fsp3) is 0.143. The normalized spacial score (nSPS) is 10.0. The van der Waals surface area contributed by atoms with Crippen LogP contribution >= 0.6 is 0 Å². The molecule has 0 atom stereocenters. The summed E-state index contributed by atoms with van der Waals surface area (Å²) in [6.45, 7) is 0.518. The molecule has 2 rings (SSSR count). The molecule has 19 heavy (non-hydrogen) atoms. The van der Waals surface area contributed by atoms with Crippen LogP contribution in [0.1, 0.15) is 15.9 Å². The van der Waals surface area contributed by atoms with Crippen LogP contribution in [0.15, 0.2) is 42.5 Å². The minimum atomic E-state index is -0.514. The van der Waals surface area contributed by atoms with E-state index >= 15 is 0 Å². The van der Waals surface area contributed by atoms with Crippen LogP contribution in [0.25, 0.3) is 0 Å². The number of carbonyl (C=O) groups excluding carboxylic acids is 1. The first-order valence-electron chi connectivity index (χ1n) is 5.86. The first kappa shape index (κ1) is 13.0. The number of anilines is 1. The molecule has 0 saturated carbocycles. The Morgan fingerprint density at radius 2 is 1.95 bits per heavy atom. The molecule has 0 radical (unpaired) electrons. The summed E-state index contributed by atoms with van der Waals surface area (Å²) < 4.78 is 12.9. The second kappa shape index (κ2) is 5.95. The molecule has 4 nitrogen and oxygen atoms in total. The molecule has 1 aromatic carbocycles. The number of pyridine rings is 1. The van der Waals surface area contributed by atoms with E-state index in [0.29, 0.717) is 17.9 Å². The van der Waals surface area contributed by atoms with E-state index in [9.17, 15) is 9.18 Å². The van der Waals surface area contributed by atoms with Crippen LogP contribution in [0.4, 0.5) is 10.2 Å². The number of rotatable bonds is 4. The number of hydrogen-bond donors (Lipinski definition) is 2. The molecular formula is C14H14FN3O. The minimum Gasteiger partial charge on any atom is -0.366 e. The van der Waals surface area contributed by atoms with Gasteiger partial charge >= 0.3 is 0 Å². The van der Waals surface area contributed by atoms with Gasteiger partial charge in [-0.25, -0.2) is 4.98 Å². The first-order chi connectivity index (χ1) is 9.19. The number of nitrogens with one attached hydrogen (secondary N) is 2. The van der Waals surface area contributed by atoms with Gasteiger partial charge in [-0.15, -0.1) is 0 Å². The summed E-state index contributed by atoms with van der Waals surface area (Å²) >= 11 is 0. The maximum absolute atomic E-state index is 12.9. The summed E-state index contributed by atoms with van der Waals surface area (Å²) in [6, 6.07) is 11.8. The Bertz CT molecular complexity index is 569. The molecule has 2 aromatic rings. The molecule has 0 unspecified atom stereocenters. The molecule has 0 aliphatic heterocycles. The van der Waals surface area contributed by atoms with E-state index < -0.39 is 5.95 Å². The quantitative estimate of drug-likeness (QED) is 0.828. The third-order valence-corrected chi connectivity index (χ3v) is 2.63. The van der Waals surface area contributed by atoms with Gasteiger partial charge in [0.2, 0.25) is 5.95 Å². The van der Waals surface area contributed by atoms with E-state index in [2.05, 4.69) is 15.6 Å². The topological polar surface area (TPSA) is 54.0 Å². The van der Waals surface area contributed by atoms with Crippen LogP contribution in [0, 0.1) is 5.95 Å². The van der Waals surface area contributed by atoms with Crippen LogP contribution in [0.3, 0.4) is 0 Å². The van der Waals surface area contributed by atoms with Crippen molar-refractivity contribution in [2.45, 2.75) is 6.54 Å². The lowest BCUT2D eigenvalue weighted by Gasteiger charge is -2.06. The maximum atomic E-state index is 12.9. The van der Waals surface area contributed by atoms with Gasteiger partial charge in [-0.1, -0.05) is 18.2 Å². The second-order valence-electron chi connectivity index (χ2n) is 3.98. The Labute approximate surface area is 110 Å². The van der Waals surface area contributed by atoms with Crippen molar-refractivity contribution < 1.29 is 9.18 Å². The lowest BCUT2D eigenvalue weighted by molar-refractivity contribution is 0.0963. The number of halogens is 1. The first-order valence-corrected chi connectivity index (χ1v) is 5.86. The Hall–Kier alpha value is -2.43. The molecule has 0 saturated heterocycles. The van der Waals surface area contributed by atoms with Crippen LogP contribution in [-0.2, 0) is 6.54 Å². The van der Waals surface area contributed by atoms with E-state index in [1.54, 1.807) is 31.3 Å². The van der Waals surface area contributed by atoms with Crippen molar-refractivity contribution in [3.63, 3.8) is 0 Å². The molecule has 0 spiro atoms. The molecule has 2 N–H and O–H groups in total. The van der Waals surface area contributed by atoms with Gasteiger partial charge in [0.15, 0.2) is 0 Å². The van der Waals surface area contributed by atoms with Crippen LogP contribution in [0.5, 0.6) is 0 Å². The molecule has 5 heteroatoms. The molecule has 0 aliphatic rings. The number of amides is 1. The standard InChI is InChI=1S/C14H14FN3O/c1-16-14(19)11-7-5-10(6-8-11)9-17-13-4-2-3-12(15)18-13/h2-8H,9H2,1H3,(H,16,19)(H,17,18). The van der Waals surface area contributed by atoms with Crippen molar-refractivity contribution in [2.75, 3.05) is 12.4 Å². The SMILES string of the molecule is CNC(=O)c1ccc(CNc2cccc(F)n2)cc1. The zero-order valence-electron chi connectivity index (χ0n) is 10.5. The van der Waals surface area contributed by atoms with Gasteiger partial charge in [0.05, 0.1) is 0 Å². The summed E-state index contributed by atoms with van der Waals surface area (Å²) in [4.78, 5) is 15.1. The van der Waals surface area contributed by atoms with E-state index in [0.717, 1.165) is 5.56 Å².